The van der Waals surface area contributed by atoms with Gasteiger partial charge in [0, 0.05) is 37.6 Å². The van der Waals surface area contributed by atoms with Gasteiger partial charge in [0.15, 0.2) is 0 Å². The lowest BCUT2D eigenvalue weighted by Crippen LogP contribution is -2.47. The molecule has 5 heteroatoms. The average Bonchev–Trinajstić information content (AvgIpc) is 3.30. The molecule has 1 amide bonds. The van der Waals surface area contributed by atoms with E-state index in [0.29, 0.717) is 11.6 Å². The number of hydrogen-bond acceptors (Lipinski definition) is 3. The molecule has 1 aliphatic carbocycles. The predicted molar refractivity (Wildman–Crippen MR) is 107 cm³/mol. The summed E-state index contributed by atoms with van der Waals surface area (Å²) < 4.78 is 0. The van der Waals surface area contributed by atoms with E-state index in [0.717, 1.165) is 38.8 Å². The number of H-pyrrole nitrogens is 1. The fourth-order valence-corrected chi connectivity index (χ4v) is 5.13. The number of aromatic nitrogens is 3. The van der Waals surface area contributed by atoms with Gasteiger partial charge < -0.3 is 4.90 Å². The van der Waals surface area contributed by atoms with Crippen LogP contribution in [-0.4, -0.2) is 39.1 Å². The average molecular weight is 372 g/mol. The summed E-state index contributed by atoms with van der Waals surface area (Å²) in [6, 6.07) is 14.9. The van der Waals surface area contributed by atoms with Crippen molar-refractivity contribution in [3.05, 3.63) is 83.4 Å². The molecule has 3 heterocycles. The summed E-state index contributed by atoms with van der Waals surface area (Å²) >= 11 is 0. The Bertz CT molecular complexity index is 959. The molecule has 28 heavy (non-hydrogen) atoms. The van der Waals surface area contributed by atoms with Crippen LogP contribution in [0.15, 0.2) is 61.1 Å². The Kier molecular flexibility index (Phi) is 4.23. The molecule has 1 spiro atoms. The Hall–Kier alpha value is -2.95. The van der Waals surface area contributed by atoms with E-state index >= 15 is 0 Å². The van der Waals surface area contributed by atoms with Gasteiger partial charge in [0.1, 0.15) is 5.69 Å². The zero-order valence-electron chi connectivity index (χ0n) is 15.8. The summed E-state index contributed by atoms with van der Waals surface area (Å²) in [5.74, 6) is 0.477. The van der Waals surface area contributed by atoms with Crippen LogP contribution >= 0.6 is 0 Å². The van der Waals surface area contributed by atoms with E-state index < -0.39 is 0 Å². The zero-order chi connectivity index (χ0) is 19.0. The van der Waals surface area contributed by atoms with E-state index in [4.69, 9.17) is 0 Å². The van der Waals surface area contributed by atoms with E-state index in [1.165, 1.54) is 16.7 Å². The molecule has 5 nitrogen and oxygen atoms in total. The Morgan fingerprint density at radius 3 is 2.64 bits per heavy atom. The molecule has 0 unspecified atom stereocenters. The SMILES string of the molecule is O=C(c1ccn[nH]1)N1CCC2(CC[C@@H](c3cccnc3)c3ccccc32)CC1. The summed E-state index contributed by atoms with van der Waals surface area (Å²) in [7, 11) is 0. The lowest BCUT2D eigenvalue weighted by molar-refractivity contribution is 0.0644. The lowest BCUT2D eigenvalue weighted by Gasteiger charge is -2.47. The van der Waals surface area contributed by atoms with Gasteiger partial charge in [0.05, 0.1) is 0 Å². The minimum Gasteiger partial charge on any atom is -0.337 e. The Morgan fingerprint density at radius 1 is 1.04 bits per heavy atom. The number of hydrogen-bond donors (Lipinski definition) is 1. The standard InChI is InChI=1S/C23H24N4O/c28-22(21-8-13-25-26-21)27-14-10-23(11-15-27)9-7-18(17-4-3-12-24-16-17)19-5-1-2-6-20(19)23/h1-6,8,12-13,16,18H,7,9-11,14-15H2,(H,25,26)/t18-/m0/s1. The van der Waals surface area contributed by atoms with Gasteiger partial charge in [-0.1, -0.05) is 30.3 Å². The van der Waals surface area contributed by atoms with Crippen LogP contribution in [0.5, 0.6) is 0 Å². The third-order valence-electron chi connectivity index (χ3n) is 6.64. The Labute approximate surface area is 164 Å². The molecule has 1 N–H and O–H groups in total. The maximum absolute atomic E-state index is 12.7. The number of pyridine rings is 1. The second-order valence-corrected chi connectivity index (χ2v) is 8.01. The van der Waals surface area contributed by atoms with Gasteiger partial charge in [-0.15, -0.1) is 0 Å². The van der Waals surface area contributed by atoms with E-state index in [1.807, 2.05) is 23.4 Å². The Balaban J connectivity index is 1.41. The molecule has 1 fully saturated rings. The number of nitrogens with one attached hydrogen (secondary N) is 1. The van der Waals surface area contributed by atoms with Crippen LogP contribution in [0.25, 0.3) is 0 Å². The quantitative estimate of drug-likeness (QED) is 0.742. The number of nitrogens with zero attached hydrogens (tertiary/aromatic N) is 3. The number of likely N-dealkylation sites (tertiary alicyclic amines) is 1. The van der Waals surface area contributed by atoms with Crippen LogP contribution in [0.4, 0.5) is 0 Å². The van der Waals surface area contributed by atoms with Gasteiger partial charge in [-0.3, -0.25) is 14.9 Å². The Morgan fingerprint density at radius 2 is 1.89 bits per heavy atom. The smallest absolute Gasteiger partial charge is 0.271 e. The monoisotopic (exact) mass is 372 g/mol. The first kappa shape index (κ1) is 17.2. The van der Waals surface area contributed by atoms with Crippen molar-refractivity contribution in [2.24, 2.45) is 0 Å². The molecule has 1 aliphatic heterocycles. The minimum absolute atomic E-state index is 0.0599. The van der Waals surface area contributed by atoms with Crippen LogP contribution in [-0.2, 0) is 5.41 Å². The van der Waals surface area contributed by atoms with E-state index in [-0.39, 0.29) is 11.3 Å². The van der Waals surface area contributed by atoms with Gasteiger partial charge in [-0.05, 0) is 59.9 Å². The van der Waals surface area contributed by atoms with Crippen LogP contribution in [0.3, 0.4) is 0 Å². The maximum Gasteiger partial charge on any atom is 0.271 e. The molecule has 1 aromatic carbocycles. The van der Waals surface area contributed by atoms with Crippen molar-refractivity contribution in [2.75, 3.05) is 13.1 Å². The number of rotatable bonds is 2. The molecule has 2 aromatic heterocycles. The highest BCUT2D eigenvalue weighted by Crippen LogP contribution is 2.50. The third-order valence-corrected chi connectivity index (χ3v) is 6.64. The number of fused-ring (bicyclic) bond motifs is 2. The van der Waals surface area contributed by atoms with Crippen LogP contribution in [0.2, 0.25) is 0 Å². The summed E-state index contributed by atoms with van der Waals surface area (Å²) in [6.07, 6.45) is 9.81. The van der Waals surface area contributed by atoms with Crippen molar-refractivity contribution in [3.8, 4) is 0 Å². The predicted octanol–water partition coefficient (Wildman–Crippen LogP) is 3.90. The van der Waals surface area contributed by atoms with E-state index in [2.05, 4.69) is 45.5 Å². The molecule has 1 atom stereocenters. The first-order chi connectivity index (χ1) is 13.8. The molecule has 1 saturated heterocycles. The topological polar surface area (TPSA) is 61.9 Å². The van der Waals surface area contributed by atoms with Gasteiger partial charge >= 0.3 is 0 Å². The van der Waals surface area contributed by atoms with Gasteiger partial charge in [0.25, 0.3) is 5.91 Å². The molecule has 2 aliphatic rings. The molecular formula is C23H24N4O. The normalized spacial score (nSPS) is 20.7. The summed E-state index contributed by atoms with van der Waals surface area (Å²) in [6.45, 7) is 1.59. The first-order valence-electron chi connectivity index (χ1n) is 10.0. The molecule has 0 radical (unpaired) electrons. The van der Waals surface area contributed by atoms with Crippen molar-refractivity contribution in [2.45, 2.75) is 37.0 Å². The van der Waals surface area contributed by atoms with Crippen molar-refractivity contribution >= 4 is 5.91 Å². The van der Waals surface area contributed by atoms with E-state index in [1.54, 1.807) is 12.3 Å². The van der Waals surface area contributed by atoms with Crippen molar-refractivity contribution < 1.29 is 4.79 Å². The molecule has 0 saturated carbocycles. The molecule has 0 bridgehead atoms. The largest absolute Gasteiger partial charge is 0.337 e. The maximum atomic E-state index is 12.7. The van der Waals surface area contributed by atoms with Crippen LogP contribution in [0.1, 0.15) is 58.8 Å². The number of piperidine rings is 1. The third kappa shape index (κ3) is 2.82. The second kappa shape index (κ2) is 6.89. The summed E-state index contributed by atoms with van der Waals surface area (Å²) in [5, 5.41) is 6.71. The van der Waals surface area contributed by atoms with Crippen LogP contribution in [0, 0.1) is 0 Å². The van der Waals surface area contributed by atoms with E-state index in [9.17, 15) is 4.79 Å². The molecule has 3 aromatic rings. The zero-order valence-corrected chi connectivity index (χ0v) is 15.8. The number of carbonyl (C=O) groups excluding carboxylic acids is 1. The number of aromatic amines is 1. The lowest BCUT2D eigenvalue weighted by atomic mass is 9.61. The fraction of sp³-hybridized carbons (Fsp3) is 0.348. The number of carbonyl (C=O) groups is 1. The van der Waals surface area contributed by atoms with Crippen molar-refractivity contribution in [1.29, 1.82) is 0 Å². The van der Waals surface area contributed by atoms with Gasteiger partial charge in [-0.25, -0.2) is 0 Å². The van der Waals surface area contributed by atoms with Gasteiger partial charge in [-0.2, -0.15) is 5.10 Å². The molecule has 5 rings (SSSR count). The number of amides is 1. The minimum atomic E-state index is 0.0599. The van der Waals surface area contributed by atoms with Crippen molar-refractivity contribution in [1.82, 2.24) is 20.1 Å². The first-order valence-corrected chi connectivity index (χ1v) is 10.0. The van der Waals surface area contributed by atoms with Gasteiger partial charge in [0.2, 0.25) is 0 Å². The summed E-state index contributed by atoms with van der Waals surface area (Å²) in [4.78, 5) is 19.0. The summed E-state index contributed by atoms with van der Waals surface area (Å²) in [5.41, 5.74) is 4.98. The highest BCUT2D eigenvalue weighted by atomic mass is 16.2. The highest BCUT2D eigenvalue weighted by Gasteiger charge is 2.42. The molecule has 142 valence electrons. The number of benzene rings is 1. The fourth-order valence-electron chi connectivity index (χ4n) is 5.13. The van der Waals surface area contributed by atoms with Crippen molar-refractivity contribution in [3.63, 3.8) is 0 Å². The second-order valence-electron chi connectivity index (χ2n) is 8.01. The van der Waals surface area contributed by atoms with Crippen LogP contribution < -0.4 is 0 Å². The highest BCUT2D eigenvalue weighted by molar-refractivity contribution is 5.92. The molecular weight excluding hydrogens is 348 g/mol.